The maximum Gasteiger partial charge on any atom is 0.101 e. The minimum absolute atomic E-state index is 0.881. The van der Waals surface area contributed by atoms with Gasteiger partial charge in [0.2, 0.25) is 0 Å². The van der Waals surface area contributed by atoms with Crippen LogP contribution >= 0.6 is 0 Å². The zero-order chi connectivity index (χ0) is 37.5. The van der Waals surface area contributed by atoms with Crippen molar-refractivity contribution in [3.05, 3.63) is 200 Å². The second-order valence-electron chi connectivity index (χ2n) is 15.0. The highest BCUT2D eigenvalue weighted by atomic mass is 15.1. The highest BCUT2D eigenvalue weighted by Gasteiger charge is 2.19. The van der Waals surface area contributed by atoms with Gasteiger partial charge in [-0.05, 0) is 90.6 Å². The third-order valence-electron chi connectivity index (χ3n) is 11.8. The standard InChI is InChI=1S/C54H33N3/c1-2-12-34(13-3-1)42-27-28-48(45-19-9-8-18-44(42)45)54-47-21-11-10-20-46(47)53(55-56-54)40-23-22-39-31-41(26-24-38(39)30-40)57-50-29-25-35-14-6-7-17-43(35)52(50)49-32-36-15-4-5-16-37(36)33-51(49)57/h1-33H. The van der Waals surface area contributed by atoms with Gasteiger partial charge < -0.3 is 4.57 Å². The van der Waals surface area contributed by atoms with E-state index < -0.39 is 0 Å². The summed E-state index contributed by atoms with van der Waals surface area (Å²) >= 11 is 0. The number of benzene rings is 10. The molecule has 0 N–H and O–H groups in total. The molecule has 12 aromatic rings. The number of fused-ring (bicyclic) bond motifs is 9. The van der Waals surface area contributed by atoms with Gasteiger partial charge in [0.15, 0.2) is 0 Å². The van der Waals surface area contributed by atoms with Gasteiger partial charge in [0, 0.05) is 38.4 Å². The van der Waals surface area contributed by atoms with Gasteiger partial charge in [-0.2, -0.15) is 0 Å². The van der Waals surface area contributed by atoms with Gasteiger partial charge in [-0.25, -0.2) is 0 Å². The zero-order valence-corrected chi connectivity index (χ0v) is 30.9. The lowest BCUT2D eigenvalue weighted by molar-refractivity contribution is 1.06. The van der Waals surface area contributed by atoms with Gasteiger partial charge in [-0.15, -0.1) is 10.2 Å². The van der Waals surface area contributed by atoms with Gasteiger partial charge in [-0.3, -0.25) is 0 Å². The summed E-state index contributed by atoms with van der Waals surface area (Å²) < 4.78 is 2.44. The van der Waals surface area contributed by atoms with E-state index in [1.165, 1.54) is 65.3 Å². The van der Waals surface area contributed by atoms with Crippen molar-refractivity contribution in [2.24, 2.45) is 0 Å². The largest absolute Gasteiger partial charge is 0.309 e. The van der Waals surface area contributed by atoms with Crippen LogP contribution in [0.15, 0.2) is 200 Å². The van der Waals surface area contributed by atoms with Crippen LogP contribution in [0.4, 0.5) is 0 Å². The Morgan fingerprint density at radius 3 is 1.67 bits per heavy atom. The van der Waals surface area contributed by atoms with Crippen molar-refractivity contribution in [2.75, 3.05) is 0 Å². The summed E-state index contributed by atoms with van der Waals surface area (Å²) in [5.41, 5.74) is 9.87. The number of rotatable bonds is 4. The first kappa shape index (κ1) is 31.7. The van der Waals surface area contributed by atoms with Crippen LogP contribution in [-0.4, -0.2) is 14.8 Å². The molecule has 0 fully saturated rings. The normalized spacial score (nSPS) is 11.9. The molecule has 0 bridgehead atoms. The lowest BCUT2D eigenvalue weighted by Crippen LogP contribution is -1.96. The molecule has 2 heterocycles. The van der Waals surface area contributed by atoms with E-state index >= 15 is 0 Å². The van der Waals surface area contributed by atoms with Gasteiger partial charge in [-0.1, -0.05) is 164 Å². The van der Waals surface area contributed by atoms with Crippen LogP contribution < -0.4 is 0 Å². The van der Waals surface area contributed by atoms with E-state index in [4.69, 9.17) is 10.2 Å². The molecule has 0 atom stereocenters. The number of hydrogen-bond donors (Lipinski definition) is 0. The highest BCUT2D eigenvalue weighted by Crippen LogP contribution is 2.41. The first-order valence-electron chi connectivity index (χ1n) is 19.5. The molecule has 264 valence electrons. The van der Waals surface area contributed by atoms with E-state index in [0.717, 1.165) is 49.7 Å². The summed E-state index contributed by atoms with van der Waals surface area (Å²) in [6, 6.07) is 72.3. The monoisotopic (exact) mass is 723 g/mol. The van der Waals surface area contributed by atoms with Crippen molar-refractivity contribution >= 4 is 75.7 Å². The van der Waals surface area contributed by atoms with Crippen LogP contribution in [0.3, 0.4) is 0 Å². The lowest BCUT2D eigenvalue weighted by atomic mass is 9.92. The number of aromatic nitrogens is 3. The van der Waals surface area contributed by atoms with Crippen LogP contribution in [0.2, 0.25) is 0 Å². The molecule has 12 rings (SSSR count). The molecule has 0 spiro atoms. The summed E-state index contributed by atoms with van der Waals surface area (Å²) in [5, 5.41) is 24.4. The van der Waals surface area contributed by atoms with Crippen LogP contribution in [0.25, 0.3) is 115 Å². The maximum absolute atomic E-state index is 4.98. The van der Waals surface area contributed by atoms with Crippen molar-refractivity contribution in [3.63, 3.8) is 0 Å². The van der Waals surface area contributed by atoms with Crippen molar-refractivity contribution in [1.82, 2.24) is 14.8 Å². The topological polar surface area (TPSA) is 30.7 Å². The lowest BCUT2D eigenvalue weighted by Gasteiger charge is -2.14. The summed E-state index contributed by atoms with van der Waals surface area (Å²) in [5.74, 6) is 0. The van der Waals surface area contributed by atoms with Gasteiger partial charge >= 0.3 is 0 Å². The van der Waals surface area contributed by atoms with Crippen LogP contribution in [-0.2, 0) is 0 Å². The minimum Gasteiger partial charge on any atom is -0.309 e. The molecule has 3 nitrogen and oxygen atoms in total. The number of nitrogens with zero attached hydrogens (tertiary/aromatic N) is 3. The fraction of sp³-hybridized carbons (Fsp3) is 0. The second-order valence-corrected chi connectivity index (χ2v) is 15.0. The summed E-state index contributed by atoms with van der Waals surface area (Å²) in [4.78, 5) is 0. The molecule has 2 aromatic heterocycles. The fourth-order valence-corrected chi connectivity index (χ4v) is 9.16. The average molecular weight is 724 g/mol. The molecular formula is C54H33N3. The molecule has 0 aliphatic heterocycles. The van der Waals surface area contributed by atoms with E-state index in [0.29, 0.717) is 0 Å². The van der Waals surface area contributed by atoms with E-state index in [1.807, 2.05) is 0 Å². The Kier molecular flexibility index (Phi) is 6.93. The molecule has 0 unspecified atom stereocenters. The van der Waals surface area contributed by atoms with Crippen molar-refractivity contribution in [1.29, 1.82) is 0 Å². The Morgan fingerprint density at radius 1 is 0.298 bits per heavy atom. The smallest absolute Gasteiger partial charge is 0.101 e. The Hall–Kier alpha value is -7.62. The quantitative estimate of drug-likeness (QED) is 0.181. The predicted molar refractivity (Wildman–Crippen MR) is 240 cm³/mol. The Morgan fingerprint density at radius 2 is 0.860 bits per heavy atom. The Bertz CT molecular complexity index is 3580. The van der Waals surface area contributed by atoms with Gasteiger partial charge in [0.1, 0.15) is 11.4 Å². The van der Waals surface area contributed by atoms with Crippen molar-refractivity contribution < 1.29 is 0 Å². The average Bonchev–Trinajstić information content (AvgIpc) is 3.61. The Balaban J connectivity index is 0.993. The molecule has 10 aromatic carbocycles. The third-order valence-corrected chi connectivity index (χ3v) is 11.8. The SMILES string of the molecule is c1ccc(-c2ccc(-c3nnc(-c4ccc5cc(-n6c7cc8ccccc8cc7c7c8ccccc8ccc76)ccc5c4)c4ccccc34)c3ccccc23)cc1. The van der Waals surface area contributed by atoms with Crippen LogP contribution in [0, 0.1) is 0 Å². The number of hydrogen-bond acceptors (Lipinski definition) is 2. The van der Waals surface area contributed by atoms with Gasteiger partial charge in [0.25, 0.3) is 0 Å². The zero-order valence-electron chi connectivity index (χ0n) is 30.9. The van der Waals surface area contributed by atoms with E-state index in [9.17, 15) is 0 Å². The van der Waals surface area contributed by atoms with Crippen LogP contribution in [0.5, 0.6) is 0 Å². The second kappa shape index (κ2) is 12.5. The summed E-state index contributed by atoms with van der Waals surface area (Å²) in [6.07, 6.45) is 0. The molecule has 0 saturated heterocycles. The highest BCUT2D eigenvalue weighted by molar-refractivity contribution is 6.23. The van der Waals surface area contributed by atoms with Crippen molar-refractivity contribution in [3.8, 4) is 39.3 Å². The molecule has 0 radical (unpaired) electrons. The molecule has 0 saturated carbocycles. The van der Waals surface area contributed by atoms with E-state index in [-0.39, 0.29) is 0 Å². The van der Waals surface area contributed by atoms with Crippen LogP contribution in [0.1, 0.15) is 0 Å². The first-order valence-corrected chi connectivity index (χ1v) is 19.5. The third kappa shape index (κ3) is 4.92. The summed E-state index contributed by atoms with van der Waals surface area (Å²) in [7, 11) is 0. The molecule has 0 aliphatic rings. The van der Waals surface area contributed by atoms with E-state index in [2.05, 4.69) is 205 Å². The molecular weight excluding hydrogens is 691 g/mol. The predicted octanol–water partition coefficient (Wildman–Crippen LogP) is 14.3. The minimum atomic E-state index is 0.881. The molecule has 3 heteroatoms. The Labute approximate surface area is 328 Å². The molecule has 0 aliphatic carbocycles. The summed E-state index contributed by atoms with van der Waals surface area (Å²) in [6.45, 7) is 0. The fourth-order valence-electron chi connectivity index (χ4n) is 9.16. The maximum atomic E-state index is 4.98. The molecule has 0 amide bonds. The first-order chi connectivity index (χ1) is 28.3. The van der Waals surface area contributed by atoms with E-state index in [1.54, 1.807) is 0 Å². The molecule has 57 heavy (non-hydrogen) atoms. The van der Waals surface area contributed by atoms with Gasteiger partial charge in [0.05, 0.1) is 11.0 Å². The van der Waals surface area contributed by atoms with Crippen molar-refractivity contribution in [2.45, 2.75) is 0 Å².